The molecule has 0 aliphatic carbocycles. The first-order valence-corrected chi connectivity index (χ1v) is 9.54. The number of nitrogens with zero attached hydrogens (tertiary/aromatic N) is 3. The maximum Gasteiger partial charge on any atom is 0.274 e. The first kappa shape index (κ1) is 17.5. The Labute approximate surface area is 168 Å². The average molecular weight is 388 g/mol. The molecule has 0 fully saturated rings. The Balaban J connectivity index is 1.37. The fraction of sp³-hybridized carbons (Fsp3) is 0.227. The van der Waals surface area contributed by atoms with E-state index in [1.807, 2.05) is 0 Å². The number of carbonyl (C=O) groups excluding carboxylic acids is 1. The van der Waals surface area contributed by atoms with E-state index in [1.54, 1.807) is 31.2 Å². The Morgan fingerprint density at radius 1 is 1.03 bits per heavy atom. The van der Waals surface area contributed by atoms with Gasteiger partial charge in [-0.2, -0.15) is 0 Å². The lowest BCUT2D eigenvalue weighted by molar-refractivity contribution is 0.102. The van der Waals surface area contributed by atoms with Gasteiger partial charge in [-0.1, -0.05) is 24.3 Å². The third-order valence-corrected chi connectivity index (χ3v) is 5.14. The van der Waals surface area contributed by atoms with Gasteiger partial charge in [0.25, 0.3) is 5.91 Å². The summed E-state index contributed by atoms with van der Waals surface area (Å²) in [6, 6.07) is 15.5. The zero-order chi connectivity index (χ0) is 19.8. The van der Waals surface area contributed by atoms with E-state index in [0.717, 1.165) is 25.3 Å². The number of benzene rings is 2. The molecular weight excluding hydrogens is 368 g/mol. The van der Waals surface area contributed by atoms with E-state index < -0.39 is 0 Å². The molecular formula is C22H20N4O3. The molecule has 0 atom stereocenters. The van der Waals surface area contributed by atoms with Crippen LogP contribution < -0.4 is 19.7 Å². The Morgan fingerprint density at radius 2 is 1.86 bits per heavy atom. The highest BCUT2D eigenvalue weighted by molar-refractivity contribution is 6.03. The normalized spacial score (nSPS) is 14.4. The lowest BCUT2D eigenvalue weighted by Crippen LogP contribution is -2.31. The van der Waals surface area contributed by atoms with Gasteiger partial charge in [0.1, 0.15) is 17.3 Å². The van der Waals surface area contributed by atoms with Crippen LogP contribution in [0, 0.1) is 6.92 Å². The average Bonchev–Trinajstić information content (AvgIpc) is 3.21. The molecule has 2 aliphatic heterocycles. The van der Waals surface area contributed by atoms with E-state index in [9.17, 15) is 4.79 Å². The number of nitrogens with one attached hydrogen (secondary N) is 1. The molecule has 7 heteroatoms. The number of hydrogen-bond acceptors (Lipinski definition) is 6. The van der Waals surface area contributed by atoms with Crippen molar-refractivity contribution < 1.29 is 14.3 Å². The second-order valence-corrected chi connectivity index (χ2v) is 7.12. The van der Waals surface area contributed by atoms with Gasteiger partial charge in [0.15, 0.2) is 11.5 Å². The Bertz CT molecular complexity index is 1100. The summed E-state index contributed by atoms with van der Waals surface area (Å²) < 4.78 is 10.7. The summed E-state index contributed by atoms with van der Waals surface area (Å²) in [7, 11) is 0. The third kappa shape index (κ3) is 3.47. The molecule has 3 heterocycles. The summed E-state index contributed by atoms with van der Waals surface area (Å²) in [4.78, 5) is 23.9. The van der Waals surface area contributed by atoms with Crippen molar-refractivity contribution in [1.29, 1.82) is 0 Å². The molecule has 146 valence electrons. The Hall–Kier alpha value is -3.61. The number of aryl methyl sites for hydroxylation is 1. The minimum absolute atomic E-state index is 0.195. The first-order chi connectivity index (χ1) is 14.2. The van der Waals surface area contributed by atoms with Gasteiger partial charge in [-0.3, -0.25) is 4.79 Å². The molecule has 7 nitrogen and oxygen atoms in total. The van der Waals surface area contributed by atoms with Crippen LogP contribution in [0.4, 0.5) is 11.5 Å². The van der Waals surface area contributed by atoms with Crippen LogP contribution in [0.15, 0.2) is 48.5 Å². The second kappa shape index (κ2) is 7.09. The molecule has 0 saturated carbocycles. The number of carbonyl (C=O) groups is 1. The fourth-order valence-corrected chi connectivity index (χ4v) is 3.69. The van der Waals surface area contributed by atoms with Crippen LogP contribution in [-0.2, 0) is 13.0 Å². The number of anilines is 2. The Morgan fingerprint density at radius 3 is 2.76 bits per heavy atom. The molecule has 0 radical (unpaired) electrons. The zero-order valence-corrected chi connectivity index (χ0v) is 16.0. The number of aromatic nitrogens is 2. The molecule has 29 heavy (non-hydrogen) atoms. The minimum atomic E-state index is -0.284. The van der Waals surface area contributed by atoms with Gasteiger partial charge in [-0.15, -0.1) is 0 Å². The van der Waals surface area contributed by atoms with Crippen molar-refractivity contribution in [3.63, 3.8) is 0 Å². The molecule has 1 amide bonds. The van der Waals surface area contributed by atoms with Crippen LogP contribution in [-0.4, -0.2) is 29.2 Å². The van der Waals surface area contributed by atoms with E-state index in [1.165, 1.54) is 11.1 Å². The van der Waals surface area contributed by atoms with Crippen molar-refractivity contribution >= 4 is 17.4 Å². The van der Waals surface area contributed by atoms with Crippen molar-refractivity contribution in [3.05, 3.63) is 71.2 Å². The third-order valence-electron chi connectivity index (χ3n) is 5.14. The van der Waals surface area contributed by atoms with Crippen molar-refractivity contribution in [2.24, 2.45) is 0 Å². The zero-order valence-electron chi connectivity index (χ0n) is 16.0. The number of rotatable bonds is 3. The predicted octanol–water partition coefficient (Wildman–Crippen LogP) is 3.33. The van der Waals surface area contributed by atoms with Crippen molar-refractivity contribution in [1.82, 2.24) is 9.97 Å². The van der Waals surface area contributed by atoms with Crippen molar-refractivity contribution in [2.75, 3.05) is 23.6 Å². The predicted molar refractivity (Wildman–Crippen MR) is 108 cm³/mol. The minimum Gasteiger partial charge on any atom is -0.454 e. The summed E-state index contributed by atoms with van der Waals surface area (Å²) >= 11 is 0. The van der Waals surface area contributed by atoms with E-state index >= 15 is 0 Å². The van der Waals surface area contributed by atoms with Crippen LogP contribution in [0.5, 0.6) is 11.5 Å². The topological polar surface area (TPSA) is 76.6 Å². The van der Waals surface area contributed by atoms with E-state index in [4.69, 9.17) is 9.47 Å². The first-order valence-electron chi connectivity index (χ1n) is 9.54. The molecule has 3 aromatic rings. The SMILES string of the molecule is Cc1nc(C(=O)Nc2ccc3c(c2)OCO3)cc(N2CCc3ccccc3C2)n1. The van der Waals surface area contributed by atoms with Crippen LogP contribution in [0.1, 0.15) is 27.4 Å². The molecule has 1 N–H and O–H groups in total. The number of ether oxygens (including phenoxy) is 2. The molecule has 2 aliphatic rings. The number of fused-ring (bicyclic) bond motifs is 2. The van der Waals surface area contributed by atoms with E-state index in [2.05, 4.69) is 44.5 Å². The molecule has 5 rings (SSSR count). The van der Waals surface area contributed by atoms with Gasteiger partial charge in [0, 0.05) is 30.9 Å². The second-order valence-electron chi connectivity index (χ2n) is 7.12. The van der Waals surface area contributed by atoms with Crippen LogP contribution in [0.3, 0.4) is 0 Å². The summed E-state index contributed by atoms with van der Waals surface area (Å²) in [5, 5.41) is 2.88. The van der Waals surface area contributed by atoms with E-state index in [-0.39, 0.29) is 12.7 Å². The fourth-order valence-electron chi connectivity index (χ4n) is 3.69. The van der Waals surface area contributed by atoms with Gasteiger partial charge in [0.05, 0.1) is 0 Å². The molecule has 0 bridgehead atoms. The highest BCUT2D eigenvalue weighted by atomic mass is 16.7. The van der Waals surface area contributed by atoms with Crippen LogP contribution in [0.2, 0.25) is 0 Å². The highest BCUT2D eigenvalue weighted by Gasteiger charge is 2.20. The van der Waals surface area contributed by atoms with Gasteiger partial charge in [-0.25, -0.2) is 9.97 Å². The summed E-state index contributed by atoms with van der Waals surface area (Å²) in [5.74, 6) is 2.34. The number of amides is 1. The van der Waals surface area contributed by atoms with Crippen LogP contribution in [0.25, 0.3) is 0 Å². The van der Waals surface area contributed by atoms with Gasteiger partial charge >= 0.3 is 0 Å². The lowest BCUT2D eigenvalue weighted by Gasteiger charge is -2.30. The van der Waals surface area contributed by atoms with Crippen LogP contribution >= 0.6 is 0 Å². The molecule has 0 unspecified atom stereocenters. The van der Waals surface area contributed by atoms with E-state index in [0.29, 0.717) is 28.7 Å². The van der Waals surface area contributed by atoms with Gasteiger partial charge in [-0.05, 0) is 36.6 Å². The summed E-state index contributed by atoms with van der Waals surface area (Å²) in [6.45, 7) is 3.63. The molecule has 2 aromatic carbocycles. The largest absolute Gasteiger partial charge is 0.454 e. The molecule has 0 spiro atoms. The quantitative estimate of drug-likeness (QED) is 0.742. The summed E-state index contributed by atoms with van der Waals surface area (Å²) in [6.07, 6.45) is 0.956. The highest BCUT2D eigenvalue weighted by Crippen LogP contribution is 2.34. The Kier molecular flexibility index (Phi) is 4.27. The lowest BCUT2D eigenvalue weighted by atomic mass is 10.00. The standard InChI is InChI=1S/C22H20N4O3/c1-14-23-18(22(27)25-17-6-7-19-20(10-17)29-13-28-19)11-21(24-14)26-9-8-15-4-2-3-5-16(15)12-26/h2-7,10-11H,8-9,12-13H2,1H3,(H,25,27). The monoisotopic (exact) mass is 388 g/mol. The molecule has 0 saturated heterocycles. The van der Waals surface area contributed by atoms with Crippen molar-refractivity contribution in [2.45, 2.75) is 19.9 Å². The van der Waals surface area contributed by atoms with Gasteiger partial charge in [0.2, 0.25) is 6.79 Å². The molecule has 1 aromatic heterocycles. The maximum atomic E-state index is 12.8. The van der Waals surface area contributed by atoms with Crippen molar-refractivity contribution in [3.8, 4) is 11.5 Å². The van der Waals surface area contributed by atoms with Gasteiger partial charge < -0.3 is 19.7 Å². The maximum absolute atomic E-state index is 12.8. The number of hydrogen-bond donors (Lipinski definition) is 1. The smallest absolute Gasteiger partial charge is 0.274 e. The summed E-state index contributed by atoms with van der Waals surface area (Å²) in [5.41, 5.74) is 3.63.